The second-order valence-corrected chi connectivity index (χ2v) is 9.11. The van der Waals surface area contributed by atoms with Crippen molar-refractivity contribution in [2.75, 3.05) is 18.0 Å². The monoisotopic (exact) mass is 388 g/mol. The highest BCUT2D eigenvalue weighted by Crippen LogP contribution is 2.36. The summed E-state index contributed by atoms with van der Waals surface area (Å²) in [5, 5.41) is 0. The van der Waals surface area contributed by atoms with E-state index in [4.69, 9.17) is 0 Å². The van der Waals surface area contributed by atoms with Crippen molar-refractivity contribution < 1.29 is 0 Å². The third-order valence-corrected chi connectivity index (χ3v) is 6.72. The Morgan fingerprint density at radius 3 is 2.18 bits per heavy atom. The number of benzene rings is 1. The van der Waals surface area contributed by atoms with Crippen molar-refractivity contribution >= 4 is 5.69 Å². The van der Waals surface area contributed by atoms with Gasteiger partial charge in [0, 0.05) is 30.4 Å². The molecule has 4 rings (SSSR count). The van der Waals surface area contributed by atoms with Crippen LogP contribution in [0.25, 0.3) is 0 Å². The summed E-state index contributed by atoms with van der Waals surface area (Å²) in [5.74, 6) is 1.05. The average Bonchev–Trinajstić information content (AvgIpc) is 2.67. The number of likely N-dealkylation sites (tertiary alicyclic amines) is 1. The van der Waals surface area contributed by atoms with Crippen molar-refractivity contribution in [3.8, 4) is 0 Å². The lowest BCUT2D eigenvalue weighted by Crippen LogP contribution is -2.49. The van der Waals surface area contributed by atoms with Crippen LogP contribution >= 0.6 is 0 Å². The fraction of sp³-hybridized carbons (Fsp3) is 0.769. The Labute approximate surface area is 176 Å². The van der Waals surface area contributed by atoms with E-state index in [9.17, 15) is 0 Å². The van der Waals surface area contributed by atoms with Gasteiger partial charge in [-0.15, -0.1) is 0 Å². The largest absolute Gasteiger partial charge is 0.369 e. The first-order valence-electron chi connectivity index (χ1n) is 11.2. The van der Waals surface area contributed by atoms with E-state index in [0.717, 1.165) is 18.0 Å². The first-order chi connectivity index (χ1) is 12.6. The zero-order valence-electron chi connectivity index (χ0n) is 17.6. The summed E-state index contributed by atoms with van der Waals surface area (Å²) in [7, 11) is 0. The molecule has 1 aliphatic carbocycles. The number of piperidine rings is 1. The number of aryl methyl sites for hydroxylation is 1. The van der Waals surface area contributed by atoms with Crippen LogP contribution in [0.15, 0.2) is 24.3 Å². The van der Waals surface area contributed by atoms with Gasteiger partial charge in [0.15, 0.2) is 0 Å². The van der Waals surface area contributed by atoms with Gasteiger partial charge >= 0.3 is 0 Å². The molecule has 2 aliphatic heterocycles. The highest BCUT2D eigenvalue weighted by atomic mass is 15.2. The second-order valence-electron chi connectivity index (χ2n) is 9.11. The lowest BCUT2D eigenvalue weighted by molar-refractivity contribution is 0.0371. The lowest BCUT2D eigenvalue weighted by atomic mass is 9.78. The molecule has 0 N–H and O–H groups in total. The zero-order chi connectivity index (χ0) is 18.5. The van der Waals surface area contributed by atoms with Crippen molar-refractivity contribution in [3.05, 3.63) is 29.8 Å². The topological polar surface area (TPSA) is 6.48 Å². The van der Waals surface area contributed by atoms with Crippen LogP contribution in [0, 0.1) is 5.92 Å². The fourth-order valence-corrected chi connectivity index (χ4v) is 5.40. The van der Waals surface area contributed by atoms with E-state index < -0.39 is 0 Å². The van der Waals surface area contributed by atoms with Crippen LogP contribution in [0.3, 0.4) is 0 Å². The van der Waals surface area contributed by atoms with Crippen molar-refractivity contribution in [1.82, 2.24) is 4.90 Å². The molecule has 0 aromatic heterocycles. The number of nitrogens with zero attached hydrogens (tertiary/aromatic N) is 2. The summed E-state index contributed by atoms with van der Waals surface area (Å²) in [4.78, 5) is 5.26. The normalized spacial score (nSPS) is 24.3. The maximum absolute atomic E-state index is 2.76. The van der Waals surface area contributed by atoms with E-state index in [1.54, 1.807) is 0 Å². The molecule has 2 heteroatoms. The summed E-state index contributed by atoms with van der Waals surface area (Å²) in [6.07, 6.45) is 11.5. The molecule has 2 nitrogen and oxygen atoms in total. The molecule has 0 amide bonds. The number of para-hydroxylation sites is 1. The molecular weight excluding hydrogens is 340 g/mol. The van der Waals surface area contributed by atoms with Crippen LogP contribution in [0.4, 0.5) is 5.69 Å². The molecule has 0 bridgehead atoms. The SMILES string of the molecule is C.C.CC(C)N1CCCC2CCCCC21.CC(C)N1CCCc2ccccc21. The quantitative estimate of drug-likeness (QED) is 0.530. The summed E-state index contributed by atoms with van der Waals surface area (Å²) in [5.41, 5.74) is 2.96. The number of anilines is 1. The maximum atomic E-state index is 2.76. The molecule has 3 aliphatic rings. The molecule has 1 saturated heterocycles. The lowest BCUT2D eigenvalue weighted by Gasteiger charge is -2.46. The van der Waals surface area contributed by atoms with Gasteiger partial charge < -0.3 is 4.90 Å². The Hall–Kier alpha value is -1.02. The van der Waals surface area contributed by atoms with Crippen LogP contribution < -0.4 is 4.90 Å². The van der Waals surface area contributed by atoms with Gasteiger partial charge in [-0.3, -0.25) is 4.90 Å². The van der Waals surface area contributed by atoms with E-state index in [2.05, 4.69) is 61.8 Å². The molecule has 1 aromatic rings. The molecule has 2 fully saturated rings. The molecule has 162 valence electrons. The van der Waals surface area contributed by atoms with E-state index in [-0.39, 0.29) is 14.9 Å². The van der Waals surface area contributed by atoms with Gasteiger partial charge in [0.1, 0.15) is 0 Å². The minimum atomic E-state index is 0. The third kappa shape index (κ3) is 5.99. The zero-order valence-corrected chi connectivity index (χ0v) is 17.6. The Bertz CT molecular complexity index is 549. The first kappa shape index (κ1) is 25.0. The molecule has 0 spiro atoms. The van der Waals surface area contributed by atoms with Gasteiger partial charge in [0.05, 0.1) is 0 Å². The van der Waals surface area contributed by atoms with Crippen LogP contribution in [-0.4, -0.2) is 36.1 Å². The molecule has 0 radical (unpaired) electrons. The number of hydrogen-bond donors (Lipinski definition) is 0. The Balaban J connectivity index is 0.000000261. The summed E-state index contributed by atoms with van der Waals surface area (Å²) >= 11 is 0. The number of rotatable bonds is 2. The average molecular weight is 389 g/mol. The van der Waals surface area contributed by atoms with E-state index in [1.165, 1.54) is 75.7 Å². The molecule has 2 atom stereocenters. The Morgan fingerprint density at radius 2 is 1.46 bits per heavy atom. The van der Waals surface area contributed by atoms with E-state index in [0.29, 0.717) is 6.04 Å². The van der Waals surface area contributed by atoms with Crippen LogP contribution in [0.2, 0.25) is 0 Å². The van der Waals surface area contributed by atoms with Crippen molar-refractivity contribution in [3.63, 3.8) is 0 Å². The van der Waals surface area contributed by atoms with Gasteiger partial charge in [0.25, 0.3) is 0 Å². The van der Waals surface area contributed by atoms with E-state index in [1.807, 2.05) is 0 Å². The molecule has 1 saturated carbocycles. The number of fused-ring (bicyclic) bond motifs is 2. The summed E-state index contributed by atoms with van der Waals surface area (Å²) < 4.78 is 0. The van der Waals surface area contributed by atoms with Crippen molar-refractivity contribution in [1.29, 1.82) is 0 Å². The van der Waals surface area contributed by atoms with Crippen LogP contribution in [0.1, 0.15) is 93.1 Å². The first-order valence-corrected chi connectivity index (χ1v) is 11.2. The van der Waals surface area contributed by atoms with Gasteiger partial charge in [-0.25, -0.2) is 0 Å². The highest BCUT2D eigenvalue weighted by molar-refractivity contribution is 5.55. The Morgan fingerprint density at radius 1 is 0.786 bits per heavy atom. The predicted molar refractivity (Wildman–Crippen MR) is 128 cm³/mol. The van der Waals surface area contributed by atoms with Gasteiger partial charge in [-0.1, -0.05) is 45.9 Å². The smallest absolute Gasteiger partial charge is 0.0401 e. The van der Waals surface area contributed by atoms with Crippen molar-refractivity contribution in [2.24, 2.45) is 5.92 Å². The van der Waals surface area contributed by atoms with Crippen LogP contribution in [-0.2, 0) is 6.42 Å². The third-order valence-electron chi connectivity index (χ3n) is 6.72. The summed E-state index contributed by atoms with van der Waals surface area (Å²) in [6, 6.07) is 11.1. The minimum absolute atomic E-state index is 0. The second kappa shape index (κ2) is 11.9. The van der Waals surface area contributed by atoms with Crippen molar-refractivity contribution in [2.45, 2.75) is 112 Å². The maximum Gasteiger partial charge on any atom is 0.0401 e. The number of hydrogen-bond acceptors (Lipinski definition) is 2. The molecular formula is C26H48N2. The predicted octanol–water partition coefficient (Wildman–Crippen LogP) is 7.17. The molecule has 1 aromatic carbocycles. The molecule has 28 heavy (non-hydrogen) atoms. The standard InChI is InChI=1S/C12H23N.C12H17N.2CH4/c2*1-10(2)13-9-5-7-11-6-3-4-8-12(11)13;;/h10-12H,3-9H2,1-2H3;3-4,6,8,10H,5,7,9H2,1-2H3;2*1H4. The van der Waals surface area contributed by atoms with Crippen LogP contribution in [0.5, 0.6) is 0 Å². The summed E-state index contributed by atoms with van der Waals surface area (Å²) in [6.45, 7) is 11.8. The van der Waals surface area contributed by atoms with E-state index >= 15 is 0 Å². The van der Waals surface area contributed by atoms with Gasteiger partial charge in [0.2, 0.25) is 0 Å². The Kier molecular flexibility index (Phi) is 10.6. The molecule has 2 heterocycles. The van der Waals surface area contributed by atoms with Gasteiger partial charge in [-0.2, -0.15) is 0 Å². The highest BCUT2D eigenvalue weighted by Gasteiger charge is 2.33. The van der Waals surface area contributed by atoms with Gasteiger partial charge in [-0.05, 0) is 90.3 Å². The molecule has 2 unspecified atom stereocenters. The minimum Gasteiger partial charge on any atom is -0.369 e. The fourth-order valence-electron chi connectivity index (χ4n) is 5.40.